The lowest BCUT2D eigenvalue weighted by Gasteiger charge is -2.29. The maximum Gasteiger partial charge on any atom is 0.123 e. The average Bonchev–Trinajstić information content (AvgIpc) is 2.96. The number of para-hydroxylation sites is 2. The monoisotopic (exact) mass is 323 g/mol. The topological polar surface area (TPSA) is 21.1 Å². The molecule has 0 saturated carbocycles. The Morgan fingerprint density at radius 1 is 1.12 bits per heavy atom. The molecule has 4 heteroatoms. The lowest BCUT2D eigenvalue weighted by Crippen LogP contribution is -2.32. The van der Waals surface area contributed by atoms with E-state index in [1.54, 1.807) is 0 Å². The molecule has 0 radical (unpaired) electrons. The fourth-order valence-electron chi connectivity index (χ4n) is 3.72. The number of imidazole rings is 1. The molecule has 1 fully saturated rings. The lowest BCUT2D eigenvalue weighted by atomic mass is 9.97. The highest BCUT2D eigenvalue weighted by molar-refractivity contribution is 5.76. The Labute approximate surface area is 141 Å². The van der Waals surface area contributed by atoms with Gasteiger partial charge in [-0.25, -0.2) is 9.37 Å². The van der Waals surface area contributed by atoms with Gasteiger partial charge in [0, 0.05) is 19.0 Å². The minimum absolute atomic E-state index is 0.191. The van der Waals surface area contributed by atoms with Gasteiger partial charge in [-0.15, -0.1) is 0 Å². The third-order valence-corrected chi connectivity index (χ3v) is 4.93. The molecule has 1 aromatic heterocycles. The predicted octanol–water partition coefficient (Wildman–Crippen LogP) is 4.03. The van der Waals surface area contributed by atoms with Crippen molar-refractivity contribution in [1.82, 2.24) is 14.5 Å². The van der Waals surface area contributed by atoms with Crippen molar-refractivity contribution in [3.05, 3.63) is 65.7 Å². The van der Waals surface area contributed by atoms with Crippen LogP contribution in [0.25, 0.3) is 11.0 Å². The molecule has 0 bridgehead atoms. The zero-order chi connectivity index (χ0) is 16.5. The molecule has 0 amide bonds. The molecule has 24 heavy (non-hydrogen) atoms. The number of likely N-dealkylation sites (N-methyl/N-ethyl adjacent to an activating group) is 1. The molecule has 1 aliphatic heterocycles. The summed E-state index contributed by atoms with van der Waals surface area (Å²) in [5, 5.41) is 0. The number of halogens is 1. The molecule has 124 valence electrons. The number of benzene rings is 2. The summed E-state index contributed by atoms with van der Waals surface area (Å²) in [6.45, 7) is 2.94. The Hall–Kier alpha value is -2.20. The molecular formula is C20H22FN3. The van der Waals surface area contributed by atoms with E-state index >= 15 is 0 Å². The molecule has 0 spiro atoms. The van der Waals surface area contributed by atoms with E-state index in [0.717, 1.165) is 42.1 Å². The highest BCUT2D eigenvalue weighted by Gasteiger charge is 2.24. The zero-order valence-electron chi connectivity index (χ0n) is 14.0. The Balaban J connectivity index is 1.76. The number of hydrogen-bond acceptors (Lipinski definition) is 2. The average molecular weight is 323 g/mol. The van der Waals surface area contributed by atoms with Gasteiger partial charge in [0.1, 0.15) is 11.6 Å². The quantitative estimate of drug-likeness (QED) is 0.725. The summed E-state index contributed by atoms with van der Waals surface area (Å²) >= 11 is 0. The first kappa shape index (κ1) is 15.3. The second-order valence-corrected chi connectivity index (χ2v) is 6.77. The third kappa shape index (κ3) is 2.94. The number of nitrogens with zero attached hydrogens (tertiary/aromatic N) is 3. The molecule has 4 rings (SSSR count). The van der Waals surface area contributed by atoms with Crippen LogP contribution in [0.15, 0.2) is 48.5 Å². The summed E-state index contributed by atoms with van der Waals surface area (Å²) in [7, 11) is 2.18. The van der Waals surface area contributed by atoms with Gasteiger partial charge in [-0.05, 0) is 56.3 Å². The van der Waals surface area contributed by atoms with E-state index in [4.69, 9.17) is 4.98 Å². The van der Waals surface area contributed by atoms with Crippen molar-refractivity contribution in [2.45, 2.75) is 25.3 Å². The molecule has 2 aromatic carbocycles. The van der Waals surface area contributed by atoms with Crippen molar-refractivity contribution in [3.63, 3.8) is 0 Å². The smallest absolute Gasteiger partial charge is 0.123 e. The molecule has 3 aromatic rings. The van der Waals surface area contributed by atoms with Crippen molar-refractivity contribution in [1.29, 1.82) is 0 Å². The number of likely N-dealkylation sites (tertiary alicyclic amines) is 1. The normalized spacial score (nSPS) is 19.0. The number of aromatic nitrogens is 2. The van der Waals surface area contributed by atoms with Gasteiger partial charge in [-0.3, -0.25) is 0 Å². The van der Waals surface area contributed by atoms with Crippen molar-refractivity contribution < 1.29 is 4.39 Å². The number of rotatable bonds is 3. The van der Waals surface area contributed by atoms with Gasteiger partial charge >= 0.3 is 0 Å². The Morgan fingerprint density at radius 2 is 1.92 bits per heavy atom. The van der Waals surface area contributed by atoms with E-state index in [1.807, 2.05) is 18.2 Å². The lowest BCUT2D eigenvalue weighted by molar-refractivity contribution is 0.244. The van der Waals surface area contributed by atoms with Crippen LogP contribution >= 0.6 is 0 Å². The Bertz CT molecular complexity index is 838. The zero-order valence-corrected chi connectivity index (χ0v) is 14.0. The van der Waals surface area contributed by atoms with Crippen molar-refractivity contribution in [2.24, 2.45) is 0 Å². The van der Waals surface area contributed by atoms with E-state index in [1.165, 1.54) is 25.0 Å². The van der Waals surface area contributed by atoms with Gasteiger partial charge in [-0.1, -0.05) is 24.3 Å². The largest absolute Gasteiger partial charge is 0.323 e. The molecule has 0 unspecified atom stereocenters. The van der Waals surface area contributed by atoms with Crippen molar-refractivity contribution in [3.8, 4) is 0 Å². The highest BCUT2D eigenvalue weighted by Crippen LogP contribution is 2.29. The SMILES string of the molecule is CN1CCC[C@H](c2nc3ccccc3n2Cc2ccc(F)cc2)C1. The number of piperidine rings is 1. The summed E-state index contributed by atoms with van der Waals surface area (Å²) in [6, 6.07) is 15.1. The first-order valence-electron chi connectivity index (χ1n) is 8.59. The maximum atomic E-state index is 13.2. The predicted molar refractivity (Wildman–Crippen MR) is 94.7 cm³/mol. The summed E-state index contributed by atoms with van der Waals surface area (Å²) < 4.78 is 15.5. The first-order chi connectivity index (χ1) is 11.7. The van der Waals surface area contributed by atoms with E-state index < -0.39 is 0 Å². The number of hydrogen-bond donors (Lipinski definition) is 0. The van der Waals surface area contributed by atoms with Gasteiger partial charge in [0.15, 0.2) is 0 Å². The molecular weight excluding hydrogens is 301 g/mol. The van der Waals surface area contributed by atoms with Gasteiger partial charge in [0.05, 0.1) is 11.0 Å². The molecule has 0 aliphatic carbocycles. The van der Waals surface area contributed by atoms with Crippen LogP contribution in [0.4, 0.5) is 4.39 Å². The van der Waals surface area contributed by atoms with E-state index in [2.05, 4.69) is 34.7 Å². The van der Waals surface area contributed by atoms with E-state index in [0.29, 0.717) is 5.92 Å². The summed E-state index contributed by atoms with van der Waals surface area (Å²) in [5.41, 5.74) is 3.30. The van der Waals surface area contributed by atoms with Gasteiger partial charge in [-0.2, -0.15) is 0 Å². The van der Waals surface area contributed by atoms with Crippen LogP contribution in [0.3, 0.4) is 0 Å². The van der Waals surface area contributed by atoms with Crippen molar-refractivity contribution >= 4 is 11.0 Å². The van der Waals surface area contributed by atoms with E-state index in [-0.39, 0.29) is 5.82 Å². The standard InChI is InChI=1S/C20H22FN3/c1-23-12-4-5-16(14-23)20-22-18-6-2-3-7-19(18)24(20)13-15-8-10-17(21)11-9-15/h2-3,6-11,16H,4-5,12-14H2,1H3/t16-/m0/s1. The first-order valence-corrected chi connectivity index (χ1v) is 8.59. The minimum Gasteiger partial charge on any atom is -0.323 e. The summed E-state index contributed by atoms with van der Waals surface area (Å²) in [5.74, 6) is 1.42. The fourth-order valence-corrected chi connectivity index (χ4v) is 3.72. The molecule has 1 atom stereocenters. The molecule has 2 heterocycles. The molecule has 1 saturated heterocycles. The molecule has 3 nitrogen and oxygen atoms in total. The summed E-state index contributed by atoms with van der Waals surface area (Å²) in [6.07, 6.45) is 2.39. The van der Waals surface area contributed by atoms with Crippen LogP contribution in [0, 0.1) is 5.82 Å². The fraction of sp³-hybridized carbons (Fsp3) is 0.350. The Morgan fingerprint density at radius 3 is 2.71 bits per heavy atom. The Kier molecular flexibility index (Phi) is 4.07. The van der Waals surface area contributed by atoms with E-state index in [9.17, 15) is 4.39 Å². The maximum absolute atomic E-state index is 13.2. The summed E-state index contributed by atoms with van der Waals surface area (Å²) in [4.78, 5) is 7.33. The van der Waals surface area contributed by atoms with Crippen LogP contribution in [-0.4, -0.2) is 34.6 Å². The van der Waals surface area contributed by atoms with Crippen LogP contribution in [0.5, 0.6) is 0 Å². The number of fused-ring (bicyclic) bond motifs is 1. The second-order valence-electron chi connectivity index (χ2n) is 6.77. The van der Waals surface area contributed by atoms with Crippen LogP contribution in [-0.2, 0) is 6.54 Å². The van der Waals surface area contributed by atoms with Crippen LogP contribution < -0.4 is 0 Å². The highest BCUT2D eigenvalue weighted by atomic mass is 19.1. The second kappa shape index (κ2) is 6.36. The van der Waals surface area contributed by atoms with Crippen LogP contribution in [0.2, 0.25) is 0 Å². The third-order valence-electron chi connectivity index (χ3n) is 4.93. The minimum atomic E-state index is -0.191. The molecule has 0 N–H and O–H groups in total. The van der Waals surface area contributed by atoms with Crippen LogP contribution in [0.1, 0.15) is 30.1 Å². The van der Waals surface area contributed by atoms with Gasteiger partial charge < -0.3 is 9.47 Å². The molecule has 1 aliphatic rings. The van der Waals surface area contributed by atoms with Gasteiger partial charge in [0.2, 0.25) is 0 Å². The van der Waals surface area contributed by atoms with Gasteiger partial charge in [0.25, 0.3) is 0 Å². The van der Waals surface area contributed by atoms with Crippen molar-refractivity contribution in [2.75, 3.05) is 20.1 Å².